The number of methoxy groups -OCH3 is 1. The molecule has 1 aromatic heterocycles. The SMILES string of the molecule is COc1ccnc(C(=O)N[C@H]2CCC[C@H](CCC(C)C)[C@@H](OC3CCCC3)[C@H](C)OC2=O)c1O. The van der Waals surface area contributed by atoms with Crippen molar-refractivity contribution in [1.29, 1.82) is 0 Å². The lowest BCUT2D eigenvalue weighted by atomic mass is 9.86. The second kappa shape index (κ2) is 12.4. The molecule has 2 aliphatic rings. The maximum atomic E-state index is 13.1. The minimum atomic E-state index is -0.821. The highest BCUT2D eigenvalue weighted by Gasteiger charge is 2.37. The molecule has 1 aliphatic heterocycles. The van der Waals surface area contributed by atoms with Gasteiger partial charge in [-0.3, -0.25) is 4.79 Å². The van der Waals surface area contributed by atoms with Crippen LogP contribution in [0.25, 0.3) is 0 Å². The summed E-state index contributed by atoms with van der Waals surface area (Å²) in [5, 5.41) is 13.0. The molecule has 8 nitrogen and oxygen atoms in total. The average molecular weight is 477 g/mol. The van der Waals surface area contributed by atoms with Gasteiger partial charge in [0, 0.05) is 12.3 Å². The molecule has 0 radical (unpaired) electrons. The molecule has 1 amide bonds. The van der Waals surface area contributed by atoms with Crippen molar-refractivity contribution in [3.63, 3.8) is 0 Å². The Balaban J connectivity index is 1.73. The predicted molar refractivity (Wildman–Crippen MR) is 128 cm³/mol. The number of rotatable bonds is 8. The first-order valence-corrected chi connectivity index (χ1v) is 12.7. The average Bonchev–Trinajstić information content (AvgIpc) is 3.32. The lowest BCUT2D eigenvalue weighted by Crippen LogP contribution is -2.45. The van der Waals surface area contributed by atoms with Crippen LogP contribution < -0.4 is 10.1 Å². The Hall–Kier alpha value is -2.35. The van der Waals surface area contributed by atoms with Crippen LogP contribution in [0, 0.1) is 11.8 Å². The monoisotopic (exact) mass is 476 g/mol. The van der Waals surface area contributed by atoms with Crippen molar-refractivity contribution in [2.45, 2.75) is 103 Å². The molecule has 2 N–H and O–H groups in total. The van der Waals surface area contributed by atoms with Gasteiger partial charge in [0.15, 0.2) is 17.2 Å². The zero-order chi connectivity index (χ0) is 24.7. The Bertz CT molecular complexity index is 824. The van der Waals surface area contributed by atoms with Crippen LogP contribution in [0.3, 0.4) is 0 Å². The van der Waals surface area contributed by atoms with Crippen molar-refractivity contribution < 1.29 is 28.9 Å². The number of carbonyl (C=O) groups excluding carboxylic acids is 2. The molecule has 0 unspecified atom stereocenters. The molecule has 4 atom stereocenters. The fourth-order valence-electron chi connectivity index (χ4n) is 5.03. The second-order valence-corrected chi connectivity index (χ2v) is 10.0. The number of hydrogen-bond acceptors (Lipinski definition) is 7. The van der Waals surface area contributed by atoms with Crippen molar-refractivity contribution in [3.8, 4) is 11.5 Å². The first kappa shape index (κ1) is 26.3. The van der Waals surface area contributed by atoms with Crippen molar-refractivity contribution in [2.75, 3.05) is 7.11 Å². The van der Waals surface area contributed by atoms with Gasteiger partial charge in [-0.25, -0.2) is 9.78 Å². The standard InChI is InChI=1S/C26H40N2O6/c1-16(2)12-13-18-8-7-11-20(28-25(30)22-23(29)21(32-4)14-15-27-22)26(31)33-17(3)24(18)34-19-9-5-6-10-19/h14-20,24,29H,5-13H2,1-4H3,(H,28,30)/t17-,18+,20-,24-/m0/s1. The van der Waals surface area contributed by atoms with Gasteiger partial charge in [-0.05, 0) is 50.9 Å². The largest absolute Gasteiger partial charge is 0.503 e. The Labute approximate surface area is 202 Å². The van der Waals surface area contributed by atoms with Crippen LogP contribution in [0.15, 0.2) is 12.3 Å². The molecule has 0 spiro atoms. The quantitative estimate of drug-likeness (QED) is 0.536. The van der Waals surface area contributed by atoms with Crippen LogP contribution in [-0.2, 0) is 14.3 Å². The van der Waals surface area contributed by atoms with Crippen LogP contribution >= 0.6 is 0 Å². The lowest BCUT2D eigenvalue weighted by molar-refractivity contribution is -0.165. The Kier molecular flexibility index (Phi) is 9.56. The van der Waals surface area contributed by atoms with Gasteiger partial charge in [0.1, 0.15) is 12.1 Å². The zero-order valence-corrected chi connectivity index (χ0v) is 20.9. The fourth-order valence-corrected chi connectivity index (χ4v) is 5.03. The van der Waals surface area contributed by atoms with E-state index in [1.807, 2.05) is 6.92 Å². The number of ether oxygens (including phenoxy) is 3. The van der Waals surface area contributed by atoms with Crippen LogP contribution in [0.4, 0.5) is 0 Å². The van der Waals surface area contributed by atoms with Crippen molar-refractivity contribution in [1.82, 2.24) is 10.3 Å². The van der Waals surface area contributed by atoms with Gasteiger partial charge in [0.25, 0.3) is 5.91 Å². The highest BCUT2D eigenvalue weighted by atomic mass is 16.6. The molecule has 1 saturated carbocycles. The van der Waals surface area contributed by atoms with Crippen molar-refractivity contribution >= 4 is 11.9 Å². The number of pyridine rings is 1. The summed E-state index contributed by atoms with van der Waals surface area (Å²) in [6, 6.07) is 0.641. The highest BCUT2D eigenvalue weighted by molar-refractivity contribution is 5.97. The van der Waals surface area contributed by atoms with Gasteiger partial charge >= 0.3 is 5.97 Å². The fraction of sp³-hybridized carbons (Fsp3) is 0.731. The summed E-state index contributed by atoms with van der Waals surface area (Å²) in [7, 11) is 1.40. The Morgan fingerprint density at radius 1 is 1.24 bits per heavy atom. The van der Waals surface area contributed by atoms with Gasteiger partial charge in [-0.1, -0.05) is 39.5 Å². The third kappa shape index (κ3) is 6.84. The molecule has 1 aromatic rings. The maximum absolute atomic E-state index is 13.1. The number of hydrogen-bond donors (Lipinski definition) is 2. The van der Waals surface area contributed by atoms with Gasteiger partial charge < -0.3 is 24.6 Å². The van der Waals surface area contributed by atoms with E-state index in [0.29, 0.717) is 18.3 Å². The van der Waals surface area contributed by atoms with E-state index in [4.69, 9.17) is 14.2 Å². The molecule has 0 bridgehead atoms. The van der Waals surface area contributed by atoms with E-state index in [1.54, 1.807) is 0 Å². The van der Waals surface area contributed by atoms with E-state index in [-0.39, 0.29) is 29.4 Å². The first-order chi connectivity index (χ1) is 16.3. The molecule has 1 aliphatic carbocycles. The number of cyclic esters (lactones) is 1. The molecule has 190 valence electrons. The van der Waals surface area contributed by atoms with Gasteiger partial charge in [-0.15, -0.1) is 0 Å². The molecule has 2 heterocycles. The number of esters is 1. The maximum Gasteiger partial charge on any atom is 0.329 e. The normalized spacial score (nSPS) is 26.4. The van der Waals surface area contributed by atoms with E-state index < -0.39 is 24.0 Å². The molecular formula is C26H40N2O6. The van der Waals surface area contributed by atoms with Crippen LogP contribution in [0.2, 0.25) is 0 Å². The highest BCUT2D eigenvalue weighted by Crippen LogP contribution is 2.33. The van der Waals surface area contributed by atoms with E-state index in [9.17, 15) is 14.7 Å². The number of amides is 1. The van der Waals surface area contributed by atoms with Crippen molar-refractivity contribution in [3.05, 3.63) is 18.0 Å². The summed E-state index contributed by atoms with van der Waals surface area (Å²) in [5.41, 5.74) is -0.183. The molecule has 34 heavy (non-hydrogen) atoms. The van der Waals surface area contributed by atoms with E-state index in [2.05, 4.69) is 24.1 Å². The smallest absolute Gasteiger partial charge is 0.329 e. The second-order valence-electron chi connectivity index (χ2n) is 10.0. The number of aromatic hydroxyl groups is 1. The minimum absolute atomic E-state index is 0.144. The Morgan fingerprint density at radius 3 is 2.65 bits per heavy atom. The molecular weight excluding hydrogens is 436 g/mol. The number of aromatic nitrogens is 1. The lowest BCUT2D eigenvalue weighted by Gasteiger charge is -2.33. The summed E-state index contributed by atoms with van der Waals surface area (Å²) < 4.78 is 17.5. The van der Waals surface area contributed by atoms with Gasteiger partial charge in [-0.2, -0.15) is 0 Å². The Morgan fingerprint density at radius 2 is 1.97 bits per heavy atom. The summed E-state index contributed by atoms with van der Waals surface area (Å²) in [4.78, 5) is 29.8. The van der Waals surface area contributed by atoms with E-state index in [0.717, 1.165) is 38.5 Å². The minimum Gasteiger partial charge on any atom is -0.503 e. The number of nitrogens with zero attached hydrogens (tertiary/aromatic N) is 1. The first-order valence-electron chi connectivity index (χ1n) is 12.7. The van der Waals surface area contributed by atoms with Crippen LogP contribution in [-0.4, -0.2) is 53.4 Å². The molecule has 8 heteroatoms. The van der Waals surface area contributed by atoms with E-state index >= 15 is 0 Å². The third-order valence-electron chi connectivity index (χ3n) is 6.98. The third-order valence-corrected chi connectivity index (χ3v) is 6.98. The summed E-state index contributed by atoms with van der Waals surface area (Å²) in [6.07, 6.45) is 9.76. The molecule has 2 fully saturated rings. The summed E-state index contributed by atoms with van der Waals surface area (Å²) in [5.74, 6) is -0.443. The number of nitrogens with one attached hydrogen (secondary N) is 1. The van der Waals surface area contributed by atoms with Crippen LogP contribution in [0.1, 0.15) is 89.0 Å². The molecule has 1 saturated heterocycles. The molecule has 3 rings (SSSR count). The zero-order valence-electron chi connectivity index (χ0n) is 20.9. The number of carbonyl (C=O) groups is 2. The van der Waals surface area contributed by atoms with Gasteiger partial charge in [0.2, 0.25) is 0 Å². The predicted octanol–water partition coefficient (Wildman–Crippen LogP) is 4.39. The van der Waals surface area contributed by atoms with Crippen LogP contribution in [0.5, 0.6) is 11.5 Å². The topological polar surface area (TPSA) is 107 Å². The summed E-state index contributed by atoms with van der Waals surface area (Å²) in [6.45, 7) is 6.34. The summed E-state index contributed by atoms with van der Waals surface area (Å²) >= 11 is 0. The van der Waals surface area contributed by atoms with E-state index in [1.165, 1.54) is 32.2 Å². The molecule has 0 aromatic carbocycles. The van der Waals surface area contributed by atoms with Crippen molar-refractivity contribution in [2.24, 2.45) is 11.8 Å². The van der Waals surface area contributed by atoms with Gasteiger partial charge in [0.05, 0.1) is 19.3 Å².